The third kappa shape index (κ3) is 4.57. The minimum Gasteiger partial charge on any atom is -0.481 e. The average Bonchev–Trinajstić information content (AvgIpc) is 2.23. The third-order valence-corrected chi connectivity index (χ3v) is 2.60. The zero-order valence-electron chi connectivity index (χ0n) is 10.6. The van der Waals surface area contributed by atoms with Crippen molar-refractivity contribution in [2.24, 2.45) is 0 Å². The Balaban J connectivity index is 2.69. The first-order valence-corrected chi connectivity index (χ1v) is 5.91. The van der Waals surface area contributed by atoms with Crippen molar-refractivity contribution in [1.82, 2.24) is 0 Å². The number of carbonyl (C=O) groups is 1. The van der Waals surface area contributed by atoms with E-state index in [-0.39, 0.29) is 6.10 Å². The van der Waals surface area contributed by atoms with Crippen LogP contribution in [0.3, 0.4) is 0 Å². The Morgan fingerprint density at radius 1 is 1.41 bits per heavy atom. The first-order chi connectivity index (χ1) is 8.00. The van der Waals surface area contributed by atoms with Gasteiger partial charge in [-0.25, -0.2) is 0 Å². The molecule has 0 aliphatic rings. The molecule has 1 atom stereocenters. The molecule has 0 aliphatic carbocycles. The van der Waals surface area contributed by atoms with Crippen molar-refractivity contribution in [3.05, 3.63) is 35.4 Å². The van der Waals surface area contributed by atoms with Gasteiger partial charge in [0.25, 0.3) is 0 Å². The number of carboxylic acids is 1. The van der Waals surface area contributed by atoms with Crippen molar-refractivity contribution in [1.29, 1.82) is 0 Å². The van der Waals surface area contributed by atoms with Gasteiger partial charge in [-0.15, -0.1) is 0 Å². The molecule has 1 aromatic carbocycles. The van der Waals surface area contributed by atoms with E-state index in [1.165, 1.54) is 0 Å². The summed E-state index contributed by atoms with van der Waals surface area (Å²) in [4.78, 5) is 11.2. The molecule has 0 fully saturated rings. The number of benzene rings is 1. The molecule has 3 nitrogen and oxygen atoms in total. The minimum atomic E-state index is -0.789. The molecule has 94 valence electrons. The van der Waals surface area contributed by atoms with E-state index in [1.54, 1.807) is 0 Å². The average molecular weight is 236 g/mol. The molecule has 3 heteroatoms. The van der Waals surface area contributed by atoms with Crippen molar-refractivity contribution in [3.63, 3.8) is 0 Å². The molecule has 0 saturated carbocycles. The number of hydrogen-bond acceptors (Lipinski definition) is 2. The Morgan fingerprint density at radius 3 is 2.65 bits per heavy atom. The highest BCUT2D eigenvalue weighted by Gasteiger charge is 2.19. The Kier molecular flexibility index (Phi) is 5.16. The second-order valence-corrected chi connectivity index (χ2v) is 4.51. The van der Waals surface area contributed by atoms with E-state index < -0.39 is 11.9 Å². The van der Waals surface area contributed by atoms with Gasteiger partial charge in [0, 0.05) is 6.61 Å². The summed E-state index contributed by atoms with van der Waals surface area (Å²) in [7, 11) is 0. The molecule has 0 heterocycles. The summed E-state index contributed by atoms with van der Waals surface area (Å²) in [6.45, 7) is 6.33. The lowest BCUT2D eigenvalue weighted by Gasteiger charge is -2.14. The van der Waals surface area contributed by atoms with Gasteiger partial charge < -0.3 is 9.84 Å². The van der Waals surface area contributed by atoms with Crippen LogP contribution in [0.25, 0.3) is 0 Å². The second-order valence-electron chi connectivity index (χ2n) is 4.51. The van der Waals surface area contributed by atoms with Gasteiger partial charge in [-0.2, -0.15) is 0 Å². The van der Waals surface area contributed by atoms with Crippen LogP contribution in [0.5, 0.6) is 0 Å². The second kappa shape index (κ2) is 6.40. The van der Waals surface area contributed by atoms with Crippen molar-refractivity contribution in [2.45, 2.75) is 39.2 Å². The lowest BCUT2D eigenvalue weighted by Crippen LogP contribution is -2.15. The van der Waals surface area contributed by atoms with Gasteiger partial charge in [-0.1, -0.05) is 29.8 Å². The molecule has 0 amide bonds. The number of rotatable bonds is 6. The summed E-state index contributed by atoms with van der Waals surface area (Å²) >= 11 is 0. The summed E-state index contributed by atoms with van der Waals surface area (Å²) < 4.78 is 5.41. The van der Waals surface area contributed by atoms with Gasteiger partial charge in [-0.3, -0.25) is 4.79 Å². The van der Waals surface area contributed by atoms with Gasteiger partial charge in [0.05, 0.1) is 12.0 Å². The standard InChI is InChI=1S/C14H20O3/c1-10(2)17-8-7-13(14(15)16)12-6-4-5-11(3)9-12/h4-6,9-10,13H,7-8H2,1-3H3,(H,15,16). The van der Waals surface area contributed by atoms with E-state index in [9.17, 15) is 9.90 Å². The van der Waals surface area contributed by atoms with Crippen LogP contribution < -0.4 is 0 Å². The van der Waals surface area contributed by atoms with E-state index in [0.29, 0.717) is 13.0 Å². The van der Waals surface area contributed by atoms with Crippen molar-refractivity contribution >= 4 is 5.97 Å². The highest BCUT2D eigenvalue weighted by Crippen LogP contribution is 2.21. The fourth-order valence-corrected chi connectivity index (χ4v) is 1.74. The number of ether oxygens (including phenoxy) is 1. The molecule has 1 N–H and O–H groups in total. The Morgan fingerprint density at radius 2 is 2.12 bits per heavy atom. The molecule has 1 unspecified atom stereocenters. The van der Waals surface area contributed by atoms with Gasteiger partial charge in [0.1, 0.15) is 0 Å². The third-order valence-electron chi connectivity index (χ3n) is 2.60. The van der Waals surface area contributed by atoms with Crippen LogP contribution in [0.4, 0.5) is 0 Å². The molecular formula is C14H20O3. The Bertz CT molecular complexity index is 371. The van der Waals surface area contributed by atoms with Crippen LogP contribution in [0.2, 0.25) is 0 Å². The highest BCUT2D eigenvalue weighted by molar-refractivity contribution is 5.76. The highest BCUT2D eigenvalue weighted by atomic mass is 16.5. The summed E-state index contributed by atoms with van der Waals surface area (Å²) in [5.74, 6) is -1.27. The van der Waals surface area contributed by atoms with Crippen molar-refractivity contribution in [3.8, 4) is 0 Å². The molecule has 0 bridgehead atoms. The van der Waals surface area contributed by atoms with Crippen molar-refractivity contribution < 1.29 is 14.6 Å². The maximum atomic E-state index is 11.2. The van der Waals surface area contributed by atoms with Crippen molar-refractivity contribution in [2.75, 3.05) is 6.61 Å². The minimum absolute atomic E-state index is 0.141. The maximum Gasteiger partial charge on any atom is 0.311 e. The molecule has 1 rings (SSSR count). The fourth-order valence-electron chi connectivity index (χ4n) is 1.74. The van der Waals surface area contributed by atoms with Gasteiger partial charge in [-0.05, 0) is 32.8 Å². The first-order valence-electron chi connectivity index (χ1n) is 5.91. The Hall–Kier alpha value is -1.35. The van der Waals surface area contributed by atoms with Crippen LogP contribution in [-0.2, 0) is 9.53 Å². The van der Waals surface area contributed by atoms with Crippen LogP contribution in [0, 0.1) is 6.92 Å². The number of hydrogen-bond donors (Lipinski definition) is 1. The quantitative estimate of drug-likeness (QED) is 0.826. The number of carboxylic acid groups (broad SMARTS) is 1. The monoisotopic (exact) mass is 236 g/mol. The largest absolute Gasteiger partial charge is 0.481 e. The predicted octanol–water partition coefficient (Wildman–Crippen LogP) is 2.98. The van der Waals surface area contributed by atoms with Crippen LogP contribution >= 0.6 is 0 Å². The van der Waals surface area contributed by atoms with E-state index in [2.05, 4.69) is 0 Å². The number of aryl methyl sites for hydroxylation is 1. The summed E-state index contributed by atoms with van der Waals surface area (Å²) in [6, 6.07) is 7.65. The van der Waals surface area contributed by atoms with E-state index in [4.69, 9.17) is 4.74 Å². The molecule has 0 aliphatic heterocycles. The molecule has 0 spiro atoms. The fraction of sp³-hybridized carbons (Fsp3) is 0.500. The van der Waals surface area contributed by atoms with Crippen LogP contribution in [0.1, 0.15) is 37.3 Å². The number of aliphatic carboxylic acids is 1. The van der Waals surface area contributed by atoms with E-state index in [1.807, 2.05) is 45.0 Å². The molecule has 0 radical (unpaired) electrons. The molecule has 17 heavy (non-hydrogen) atoms. The normalized spacial score (nSPS) is 12.7. The molecule has 0 saturated heterocycles. The predicted molar refractivity (Wildman–Crippen MR) is 67.3 cm³/mol. The van der Waals surface area contributed by atoms with Crippen LogP contribution in [0.15, 0.2) is 24.3 Å². The molecule has 1 aromatic rings. The maximum absolute atomic E-state index is 11.2. The molecular weight excluding hydrogens is 216 g/mol. The topological polar surface area (TPSA) is 46.5 Å². The summed E-state index contributed by atoms with van der Waals surface area (Å²) in [5.41, 5.74) is 1.93. The lowest BCUT2D eigenvalue weighted by atomic mass is 9.95. The van der Waals surface area contributed by atoms with Gasteiger partial charge in [0.2, 0.25) is 0 Å². The van der Waals surface area contributed by atoms with Gasteiger partial charge >= 0.3 is 5.97 Å². The van der Waals surface area contributed by atoms with Gasteiger partial charge in [0.15, 0.2) is 0 Å². The lowest BCUT2D eigenvalue weighted by molar-refractivity contribution is -0.139. The summed E-state index contributed by atoms with van der Waals surface area (Å²) in [5, 5.41) is 9.23. The molecule has 0 aromatic heterocycles. The first kappa shape index (κ1) is 13.7. The SMILES string of the molecule is Cc1cccc(C(CCOC(C)C)C(=O)O)c1. The van der Waals surface area contributed by atoms with E-state index >= 15 is 0 Å². The van der Waals surface area contributed by atoms with Crippen LogP contribution in [-0.4, -0.2) is 23.8 Å². The zero-order chi connectivity index (χ0) is 12.8. The summed E-state index contributed by atoms with van der Waals surface area (Å²) in [6.07, 6.45) is 0.652. The zero-order valence-corrected chi connectivity index (χ0v) is 10.6. The smallest absolute Gasteiger partial charge is 0.311 e. The Labute approximate surface area is 102 Å². The van der Waals surface area contributed by atoms with E-state index in [0.717, 1.165) is 11.1 Å².